The molecule has 1 aliphatic rings. The van der Waals surface area contributed by atoms with Gasteiger partial charge in [0.15, 0.2) is 0 Å². The van der Waals surface area contributed by atoms with Crippen LogP contribution in [0.3, 0.4) is 0 Å². The van der Waals surface area contributed by atoms with Crippen molar-refractivity contribution < 1.29 is 9.59 Å². The monoisotopic (exact) mass is 368 g/mol. The van der Waals surface area contributed by atoms with Crippen molar-refractivity contribution in [3.8, 4) is 0 Å². The summed E-state index contributed by atoms with van der Waals surface area (Å²) in [5.74, 6) is -0.0327. The molecule has 7 heteroatoms. The molecule has 0 radical (unpaired) electrons. The Morgan fingerprint density at radius 2 is 1.73 bits per heavy atom. The smallest absolute Gasteiger partial charge is 0.319 e. The number of anilines is 1. The van der Waals surface area contributed by atoms with Gasteiger partial charge < -0.3 is 15.1 Å². The Bertz CT molecular complexity index is 525. The summed E-state index contributed by atoms with van der Waals surface area (Å²) in [7, 11) is 3.50. The molecule has 22 heavy (non-hydrogen) atoms. The van der Waals surface area contributed by atoms with Crippen molar-refractivity contribution in [1.29, 1.82) is 0 Å². The van der Waals surface area contributed by atoms with Crippen LogP contribution in [0.5, 0.6) is 0 Å². The molecule has 0 aromatic heterocycles. The van der Waals surface area contributed by atoms with Gasteiger partial charge in [0.25, 0.3) is 0 Å². The highest BCUT2D eigenvalue weighted by molar-refractivity contribution is 9.10. The Hall–Kier alpha value is -1.60. The Kier molecular flexibility index (Phi) is 5.79. The molecule has 0 atom stereocenters. The van der Waals surface area contributed by atoms with Crippen molar-refractivity contribution in [2.45, 2.75) is 0 Å². The zero-order valence-corrected chi connectivity index (χ0v) is 14.5. The van der Waals surface area contributed by atoms with Crippen LogP contribution in [0.1, 0.15) is 0 Å². The molecule has 1 fully saturated rings. The largest absolute Gasteiger partial charge is 0.331 e. The Morgan fingerprint density at radius 3 is 2.27 bits per heavy atom. The van der Waals surface area contributed by atoms with Crippen molar-refractivity contribution >= 4 is 33.6 Å². The molecule has 1 heterocycles. The van der Waals surface area contributed by atoms with Crippen LogP contribution in [0, 0.1) is 0 Å². The summed E-state index contributed by atoms with van der Waals surface area (Å²) in [6.07, 6.45) is 0. The fourth-order valence-electron chi connectivity index (χ4n) is 2.32. The molecule has 1 N–H and O–H groups in total. The van der Waals surface area contributed by atoms with E-state index in [2.05, 4.69) is 26.1 Å². The second-order valence-corrected chi connectivity index (χ2v) is 6.41. The third-order valence-electron chi connectivity index (χ3n) is 3.52. The van der Waals surface area contributed by atoms with Crippen LogP contribution in [0.25, 0.3) is 0 Å². The van der Waals surface area contributed by atoms with Crippen molar-refractivity contribution in [2.75, 3.05) is 52.1 Å². The fraction of sp³-hybridized carbons (Fsp3) is 0.467. The molecule has 6 nitrogen and oxygen atoms in total. The van der Waals surface area contributed by atoms with Gasteiger partial charge in [0, 0.05) is 50.4 Å². The predicted octanol–water partition coefficient (Wildman–Crippen LogP) is 1.69. The van der Waals surface area contributed by atoms with Crippen LogP contribution in [-0.2, 0) is 4.79 Å². The first kappa shape index (κ1) is 16.8. The fourth-order valence-corrected chi connectivity index (χ4v) is 2.58. The maximum absolute atomic E-state index is 12.0. The predicted molar refractivity (Wildman–Crippen MR) is 89.9 cm³/mol. The van der Waals surface area contributed by atoms with Crippen molar-refractivity contribution in [1.82, 2.24) is 14.7 Å². The summed E-state index contributed by atoms with van der Waals surface area (Å²) in [5.41, 5.74) is 0.787. The first-order valence-electron chi connectivity index (χ1n) is 7.19. The zero-order chi connectivity index (χ0) is 16.1. The summed E-state index contributed by atoms with van der Waals surface area (Å²) in [6, 6.07) is 7.52. The number of carbonyl (C=O) groups excluding carboxylic acids is 2. The molecule has 1 aromatic carbocycles. The van der Waals surface area contributed by atoms with Crippen LogP contribution in [0.15, 0.2) is 28.7 Å². The zero-order valence-electron chi connectivity index (χ0n) is 12.9. The van der Waals surface area contributed by atoms with E-state index >= 15 is 0 Å². The molecule has 0 aliphatic carbocycles. The average Bonchev–Trinajstić information content (AvgIpc) is 2.49. The molecule has 0 spiro atoms. The van der Waals surface area contributed by atoms with Gasteiger partial charge in [-0.05, 0) is 24.3 Å². The topological polar surface area (TPSA) is 55.9 Å². The van der Waals surface area contributed by atoms with E-state index < -0.39 is 0 Å². The highest BCUT2D eigenvalue weighted by Crippen LogP contribution is 2.14. The molecule has 1 aromatic rings. The minimum absolute atomic E-state index is 0.0268. The summed E-state index contributed by atoms with van der Waals surface area (Å²) in [5, 5.41) is 2.88. The number of carbonyl (C=O) groups is 2. The third-order valence-corrected chi connectivity index (χ3v) is 4.05. The molecule has 3 amide bonds. The second kappa shape index (κ2) is 7.60. The van der Waals surface area contributed by atoms with E-state index in [9.17, 15) is 9.59 Å². The van der Waals surface area contributed by atoms with Gasteiger partial charge in [-0.15, -0.1) is 0 Å². The van der Waals surface area contributed by atoms with E-state index in [1.807, 2.05) is 29.2 Å². The van der Waals surface area contributed by atoms with Crippen molar-refractivity contribution in [3.05, 3.63) is 28.7 Å². The summed E-state index contributed by atoms with van der Waals surface area (Å²) < 4.78 is 0.979. The quantitative estimate of drug-likeness (QED) is 0.882. The molecule has 0 saturated carbocycles. The number of nitrogens with one attached hydrogen (secondary N) is 1. The van der Waals surface area contributed by atoms with Crippen LogP contribution >= 0.6 is 15.9 Å². The summed E-state index contributed by atoms with van der Waals surface area (Å²) in [6.45, 7) is 3.09. The molecular formula is C15H21BrN4O2. The van der Waals surface area contributed by atoms with Crippen molar-refractivity contribution in [2.24, 2.45) is 0 Å². The van der Waals surface area contributed by atoms with Crippen LogP contribution < -0.4 is 5.32 Å². The van der Waals surface area contributed by atoms with Gasteiger partial charge in [0.2, 0.25) is 5.91 Å². The van der Waals surface area contributed by atoms with Gasteiger partial charge in [0.05, 0.1) is 6.54 Å². The van der Waals surface area contributed by atoms with E-state index in [0.29, 0.717) is 32.7 Å². The minimum Gasteiger partial charge on any atom is -0.331 e. The molecule has 2 rings (SSSR count). The van der Waals surface area contributed by atoms with E-state index in [0.717, 1.165) is 10.2 Å². The first-order chi connectivity index (χ1) is 10.5. The number of nitrogens with zero attached hydrogens (tertiary/aromatic N) is 3. The number of rotatable bonds is 3. The number of urea groups is 1. The van der Waals surface area contributed by atoms with Gasteiger partial charge in [-0.1, -0.05) is 15.9 Å². The van der Waals surface area contributed by atoms with Gasteiger partial charge in [-0.3, -0.25) is 9.69 Å². The summed E-state index contributed by atoms with van der Waals surface area (Å²) in [4.78, 5) is 29.3. The van der Waals surface area contributed by atoms with Crippen molar-refractivity contribution in [3.63, 3.8) is 0 Å². The average molecular weight is 369 g/mol. The highest BCUT2D eigenvalue weighted by atomic mass is 79.9. The molecule has 0 bridgehead atoms. The van der Waals surface area contributed by atoms with Crippen LogP contribution in [0.4, 0.5) is 10.5 Å². The molecule has 0 unspecified atom stereocenters. The molecular weight excluding hydrogens is 348 g/mol. The van der Waals surface area contributed by atoms with E-state index in [4.69, 9.17) is 0 Å². The molecule has 1 saturated heterocycles. The van der Waals surface area contributed by atoms with Gasteiger partial charge in [-0.25, -0.2) is 4.79 Å². The van der Waals surface area contributed by atoms with Crippen LogP contribution in [0.2, 0.25) is 0 Å². The van der Waals surface area contributed by atoms with Gasteiger partial charge >= 0.3 is 6.03 Å². The lowest BCUT2D eigenvalue weighted by molar-refractivity contribution is -0.117. The SMILES string of the molecule is CN(C)C(=O)N1CCN(CC(=O)Nc2ccc(Br)cc2)CC1. The molecule has 1 aliphatic heterocycles. The minimum atomic E-state index is -0.0327. The van der Waals surface area contributed by atoms with E-state index in [1.165, 1.54) is 0 Å². The highest BCUT2D eigenvalue weighted by Gasteiger charge is 2.23. The third kappa shape index (κ3) is 4.71. The second-order valence-electron chi connectivity index (χ2n) is 5.50. The van der Waals surface area contributed by atoms with Crippen LogP contribution in [-0.4, -0.2) is 73.5 Å². The van der Waals surface area contributed by atoms with E-state index in [1.54, 1.807) is 19.0 Å². The standard InChI is InChI=1S/C15H21BrN4O2/c1-18(2)15(22)20-9-7-19(8-10-20)11-14(21)17-13-5-3-12(16)4-6-13/h3-6H,7-11H2,1-2H3,(H,17,21). The first-order valence-corrected chi connectivity index (χ1v) is 7.99. The lowest BCUT2D eigenvalue weighted by Gasteiger charge is -2.35. The Balaban J connectivity index is 1.77. The summed E-state index contributed by atoms with van der Waals surface area (Å²) >= 11 is 3.36. The number of hydrogen-bond donors (Lipinski definition) is 1. The maximum Gasteiger partial charge on any atom is 0.319 e. The van der Waals surface area contributed by atoms with E-state index in [-0.39, 0.29) is 11.9 Å². The number of piperazine rings is 1. The number of hydrogen-bond acceptors (Lipinski definition) is 3. The number of halogens is 1. The van der Waals surface area contributed by atoms with Gasteiger partial charge in [-0.2, -0.15) is 0 Å². The lowest BCUT2D eigenvalue weighted by Crippen LogP contribution is -2.52. The normalized spacial score (nSPS) is 15.5. The van der Waals surface area contributed by atoms with Gasteiger partial charge in [0.1, 0.15) is 0 Å². The Labute approximate surface area is 139 Å². The number of benzene rings is 1. The lowest BCUT2D eigenvalue weighted by atomic mass is 10.3. The number of amides is 3. The maximum atomic E-state index is 12.0. The molecule has 120 valence electrons. The Morgan fingerprint density at radius 1 is 1.14 bits per heavy atom.